The fourth-order valence-corrected chi connectivity index (χ4v) is 8.99. The second kappa shape index (κ2) is 13.4. The summed E-state index contributed by atoms with van der Waals surface area (Å²) in [4.78, 5) is 15.6. The maximum atomic E-state index is 5.26. The summed E-state index contributed by atoms with van der Waals surface area (Å²) in [5.74, 6) is 1.88. The average Bonchev–Trinajstić information content (AvgIpc) is 3.74. The van der Waals surface area contributed by atoms with Crippen LogP contribution in [0.25, 0.3) is 95.0 Å². The first-order chi connectivity index (χ1) is 28.5. The van der Waals surface area contributed by atoms with Crippen molar-refractivity contribution >= 4 is 21.8 Å². The molecule has 0 spiro atoms. The van der Waals surface area contributed by atoms with E-state index in [-0.39, 0.29) is 5.41 Å². The normalized spacial score (nSPS) is 12.8. The Morgan fingerprint density at radius 1 is 0.345 bits per heavy atom. The molecule has 0 amide bonds. The van der Waals surface area contributed by atoms with E-state index in [0.29, 0.717) is 17.5 Å². The SMILES string of the molecule is CC1(C)c2ccccc2-c2cc(-c3cccc(-c4nc(-c5ccccc5)nc(-c5ccc(-c6ccccc6)c(-n6c7ccccc7c7ccccc76)c5)n4)c3)ccc21. The van der Waals surface area contributed by atoms with Gasteiger partial charge in [0, 0.05) is 38.4 Å². The van der Waals surface area contributed by atoms with E-state index in [1.807, 2.05) is 18.2 Å². The van der Waals surface area contributed by atoms with E-state index in [9.17, 15) is 0 Å². The summed E-state index contributed by atoms with van der Waals surface area (Å²) in [5.41, 5.74) is 16.0. The van der Waals surface area contributed by atoms with Gasteiger partial charge in [0.1, 0.15) is 0 Å². The molecule has 0 atom stereocenters. The zero-order valence-electron chi connectivity index (χ0n) is 32.3. The van der Waals surface area contributed by atoms with Crippen molar-refractivity contribution in [2.45, 2.75) is 19.3 Å². The Hall–Kier alpha value is -7.43. The lowest BCUT2D eigenvalue weighted by Crippen LogP contribution is -2.14. The molecule has 4 heteroatoms. The van der Waals surface area contributed by atoms with Gasteiger partial charge in [0.25, 0.3) is 0 Å². The van der Waals surface area contributed by atoms with Crippen molar-refractivity contribution in [3.63, 3.8) is 0 Å². The molecule has 0 unspecified atom stereocenters. The largest absolute Gasteiger partial charge is 0.309 e. The van der Waals surface area contributed by atoms with Crippen molar-refractivity contribution in [2.24, 2.45) is 0 Å². The minimum atomic E-state index is -0.0395. The van der Waals surface area contributed by atoms with Crippen LogP contribution in [0.5, 0.6) is 0 Å². The Kier molecular flexibility index (Phi) is 7.80. The lowest BCUT2D eigenvalue weighted by atomic mass is 9.82. The van der Waals surface area contributed by atoms with E-state index in [1.54, 1.807) is 0 Å². The number of hydrogen-bond acceptors (Lipinski definition) is 3. The number of rotatable bonds is 6. The van der Waals surface area contributed by atoms with Gasteiger partial charge in [-0.2, -0.15) is 0 Å². The van der Waals surface area contributed by atoms with E-state index < -0.39 is 0 Å². The van der Waals surface area contributed by atoms with Crippen molar-refractivity contribution in [1.82, 2.24) is 19.5 Å². The molecule has 58 heavy (non-hydrogen) atoms. The molecule has 1 aliphatic carbocycles. The lowest BCUT2D eigenvalue weighted by Gasteiger charge is -2.21. The summed E-state index contributed by atoms with van der Waals surface area (Å²) in [5, 5.41) is 2.43. The Labute approximate surface area is 337 Å². The van der Waals surface area contributed by atoms with Crippen molar-refractivity contribution in [3.05, 3.63) is 205 Å². The van der Waals surface area contributed by atoms with Gasteiger partial charge in [-0.15, -0.1) is 0 Å². The summed E-state index contributed by atoms with van der Waals surface area (Å²) in [6, 6.07) is 69.0. The van der Waals surface area contributed by atoms with Gasteiger partial charge in [0.05, 0.1) is 16.7 Å². The zero-order chi connectivity index (χ0) is 38.8. The van der Waals surface area contributed by atoms with Gasteiger partial charge >= 0.3 is 0 Å². The van der Waals surface area contributed by atoms with E-state index >= 15 is 0 Å². The topological polar surface area (TPSA) is 43.6 Å². The van der Waals surface area contributed by atoms with Gasteiger partial charge in [0.15, 0.2) is 17.5 Å². The van der Waals surface area contributed by atoms with Gasteiger partial charge < -0.3 is 4.57 Å². The molecule has 0 bridgehead atoms. The minimum absolute atomic E-state index is 0.0395. The molecule has 11 rings (SSSR count). The number of para-hydroxylation sites is 2. The van der Waals surface area contributed by atoms with Gasteiger partial charge in [-0.1, -0.05) is 178 Å². The maximum Gasteiger partial charge on any atom is 0.164 e. The molecule has 0 aliphatic heterocycles. The molecule has 0 N–H and O–H groups in total. The summed E-state index contributed by atoms with van der Waals surface area (Å²) in [6.07, 6.45) is 0. The summed E-state index contributed by atoms with van der Waals surface area (Å²) in [6.45, 7) is 4.64. The molecule has 2 heterocycles. The Morgan fingerprint density at radius 3 is 1.55 bits per heavy atom. The molecule has 4 nitrogen and oxygen atoms in total. The fourth-order valence-electron chi connectivity index (χ4n) is 8.99. The Bertz CT molecular complexity index is 3140. The van der Waals surface area contributed by atoms with Crippen LogP contribution in [0, 0.1) is 0 Å². The maximum absolute atomic E-state index is 5.26. The molecule has 10 aromatic rings. The van der Waals surface area contributed by atoms with Gasteiger partial charge in [0.2, 0.25) is 0 Å². The van der Waals surface area contributed by atoms with Crippen LogP contribution in [-0.2, 0) is 5.41 Å². The van der Waals surface area contributed by atoms with E-state index in [2.05, 4.69) is 194 Å². The highest BCUT2D eigenvalue weighted by atomic mass is 15.0. The molecule has 0 fully saturated rings. The van der Waals surface area contributed by atoms with Crippen LogP contribution in [0.4, 0.5) is 0 Å². The number of nitrogens with zero attached hydrogens (tertiary/aromatic N) is 4. The molecule has 8 aromatic carbocycles. The smallest absolute Gasteiger partial charge is 0.164 e. The standard InChI is InChI=1S/C54H38N4/c1-54(2)46-25-12-9-22-42(46)45-33-38(29-31-47(45)54)37-20-15-21-39(32-37)52-55-51(36-18-7-4-8-19-36)56-53(57-52)40-28-30-41(35-16-5-3-6-17-35)50(34-40)58-48-26-13-10-23-43(48)44-24-11-14-27-49(44)58/h3-34H,1-2H3. The Balaban J connectivity index is 1.09. The lowest BCUT2D eigenvalue weighted by molar-refractivity contribution is 0.660. The quantitative estimate of drug-likeness (QED) is 0.170. The van der Waals surface area contributed by atoms with Crippen molar-refractivity contribution in [3.8, 4) is 73.2 Å². The third-order valence-electron chi connectivity index (χ3n) is 11.9. The summed E-state index contributed by atoms with van der Waals surface area (Å²) >= 11 is 0. The third-order valence-corrected chi connectivity index (χ3v) is 11.9. The number of benzene rings is 8. The van der Waals surface area contributed by atoms with Crippen LogP contribution in [0.1, 0.15) is 25.0 Å². The molecule has 0 saturated carbocycles. The van der Waals surface area contributed by atoms with Crippen molar-refractivity contribution < 1.29 is 0 Å². The summed E-state index contributed by atoms with van der Waals surface area (Å²) < 4.78 is 2.39. The molecular weight excluding hydrogens is 705 g/mol. The van der Waals surface area contributed by atoms with E-state index in [4.69, 9.17) is 15.0 Å². The van der Waals surface area contributed by atoms with E-state index in [0.717, 1.165) is 55.7 Å². The minimum Gasteiger partial charge on any atom is -0.309 e. The molecule has 2 aromatic heterocycles. The van der Waals surface area contributed by atoms with Crippen LogP contribution < -0.4 is 0 Å². The van der Waals surface area contributed by atoms with Crippen LogP contribution in [0.3, 0.4) is 0 Å². The van der Waals surface area contributed by atoms with Gasteiger partial charge in [-0.05, 0) is 69.3 Å². The second-order valence-corrected chi connectivity index (χ2v) is 15.7. The molecule has 0 radical (unpaired) electrons. The number of aromatic nitrogens is 4. The monoisotopic (exact) mass is 742 g/mol. The molecule has 274 valence electrons. The first kappa shape index (κ1) is 33.9. The Morgan fingerprint density at radius 2 is 0.845 bits per heavy atom. The van der Waals surface area contributed by atoms with Gasteiger partial charge in [-0.3, -0.25) is 0 Å². The van der Waals surface area contributed by atoms with Crippen molar-refractivity contribution in [1.29, 1.82) is 0 Å². The highest BCUT2D eigenvalue weighted by Gasteiger charge is 2.35. The predicted octanol–water partition coefficient (Wildman–Crippen LogP) is 13.6. The van der Waals surface area contributed by atoms with Gasteiger partial charge in [-0.25, -0.2) is 15.0 Å². The fraction of sp³-hybridized carbons (Fsp3) is 0.0556. The first-order valence-corrected chi connectivity index (χ1v) is 19.9. The highest BCUT2D eigenvalue weighted by Crippen LogP contribution is 2.49. The van der Waals surface area contributed by atoms with Crippen molar-refractivity contribution in [2.75, 3.05) is 0 Å². The van der Waals surface area contributed by atoms with Crippen LogP contribution in [0.15, 0.2) is 194 Å². The third kappa shape index (κ3) is 5.48. The number of fused-ring (bicyclic) bond motifs is 6. The molecule has 1 aliphatic rings. The summed E-state index contributed by atoms with van der Waals surface area (Å²) in [7, 11) is 0. The van der Waals surface area contributed by atoms with Crippen LogP contribution in [-0.4, -0.2) is 19.5 Å². The number of hydrogen-bond donors (Lipinski definition) is 0. The second-order valence-electron chi connectivity index (χ2n) is 15.7. The molecular formula is C54H38N4. The van der Waals surface area contributed by atoms with E-state index in [1.165, 1.54) is 33.0 Å². The molecule has 0 saturated heterocycles. The van der Waals surface area contributed by atoms with Crippen LogP contribution >= 0.6 is 0 Å². The predicted molar refractivity (Wildman–Crippen MR) is 239 cm³/mol. The average molecular weight is 743 g/mol. The first-order valence-electron chi connectivity index (χ1n) is 19.9. The highest BCUT2D eigenvalue weighted by molar-refractivity contribution is 6.09. The zero-order valence-corrected chi connectivity index (χ0v) is 32.3. The van der Waals surface area contributed by atoms with Crippen LogP contribution in [0.2, 0.25) is 0 Å².